The molecule has 2 N–H and O–H groups in total. The van der Waals surface area contributed by atoms with Gasteiger partial charge in [0, 0.05) is 5.69 Å². The Labute approximate surface area is 78.8 Å². The number of hydrogen-bond donors (Lipinski definition) is 1. The first kappa shape index (κ1) is 10.4. The van der Waals surface area contributed by atoms with Crippen LogP contribution in [0.5, 0.6) is 0 Å². The molecule has 0 atom stereocenters. The molecule has 1 aromatic rings. The average Bonchev–Trinajstić information content (AvgIpc) is 1.99. The van der Waals surface area contributed by atoms with Crippen molar-refractivity contribution in [3.63, 3.8) is 0 Å². The summed E-state index contributed by atoms with van der Waals surface area (Å²) in [6.07, 6.45) is -5.34. The molecule has 0 saturated heterocycles. The Kier molecular flexibility index (Phi) is 2.65. The Bertz CT molecular complexity index is 377. The number of nitrogen functional groups attached to an aromatic ring is 1. The molecule has 0 aliphatic carbocycles. The van der Waals surface area contributed by atoms with E-state index in [1.54, 1.807) is 6.07 Å². The van der Waals surface area contributed by atoms with Crippen LogP contribution >= 0.6 is 0 Å². The van der Waals surface area contributed by atoms with Crippen LogP contribution in [-0.2, 0) is 6.42 Å². The van der Waals surface area contributed by atoms with E-state index in [2.05, 4.69) is 0 Å². The second kappa shape index (κ2) is 3.58. The minimum absolute atomic E-state index is 0.00838. The van der Waals surface area contributed by atoms with Crippen LogP contribution in [0.3, 0.4) is 0 Å². The van der Waals surface area contributed by atoms with Crippen molar-refractivity contribution < 1.29 is 13.2 Å². The van der Waals surface area contributed by atoms with Crippen LogP contribution in [0.25, 0.3) is 0 Å². The van der Waals surface area contributed by atoms with Crippen LogP contribution in [0, 0.1) is 11.3 Å². The third-order valence-electron chi connectivity index (χ3n) is 1.55. The largest absolute Gasteiger partial charge is 0.399 e. The van der Waals surface area contributed by atoms with Gasteiger partial charge in [-0.05, 0) is 23.8 Å². The van der Waals surface area contributed by atoms with Gasteiger partial charge >= 0.3 is 6.18 Å². The van der Waals surface area contributed by atoms with Crippen molar-refractivity contribution in [1.82, 2.24) is 0 Å². The summed E-state index contributed by atoms with van der Waals surface area (Å²) in [5.74, 6) is 0. The predicted molar refractivity (Wildman–Crippen MR) is 45.3 cm³/mol. The summed E-state index contributed by atoms with van der Waals surface area (Å²) in [7, 11) is 0. The average molecular weight is 200 g/mol. The predicted octanol–water partition coefficient (Wildman–Crippen LogP) is 2.25. The molecule has 1 rings (SSSR count). The third kappa shape index (κ3) is 2.98. The van der Waals surface area contributed by atoms with Gasteiger partial charge in [-0.3, -0.25) is 0 Å². The fraction of sp³-hybridized carbons (Fsp3) is 0.222. The zero-order chi connectivity index (χ0) is 10.8. The van der Waals surface area contributed by atoms with Crippen LogP contribution in [0.15, 0.2) is 18.2 Å². The van der Waals surface area contributed by atoms with Gasteiger partial charge in [0.15, 0.2) is 0 Å². The molecule has 0 saturated carbocycles. The summed E-state index contributed by atoms with van der Waals surface area (Å²) in [6.45, 7) is 0. The Balaban J connectivity index is 3.00. The van der Waals surface area contributed by atoms with Crippen molar-refractivity contribution in [3.05, 3.63) is 29.3 Å². The molecule has 2 nitrogen and oxygen atoms in total. The van der Waals surface area contributed by atoms with Gasteiger partial charge in [-0.15, -0.1) is 0 Å². The van der Waals surface area contributed by atoms with Crippen molar-refractivity contribution in [2.24, 2.45) is 0 Å². The van der Waals surface area contributed by atoms with Gasteiger partial charge in [0.25, 0.3) is 0 Å². The zero-order valence-electron chi connectivity index (χ0n) is 7.10. The van der Waals surface area contributed by atoms with E-state index in [0.29, 0.717) is 0 Å². The van der Waals surface area contributed by atoms with Crippen molar-refractivity contribution in [3.8, 4) is 6.07 Å². The first-order valence-electron chi connectivity index (χ1n) is 3.77. The minimum Gasteiger partial charge on any atom is -0.399 e. The fourth-order valence-corrected chi connectivity index (χ4v) is 1.12. The van der Waals surface area contributed by atoms with E-state index in [1.165, 1.54) is 18.2 Å². The molecule has 0 heterocycles. The van der Waals surface area contributed by atoms with E-state index in [-0.39, 0.29) is 16.8 Å². The molecular weight excluding hydrogens is 193 g/mol. The fourth-order valence-electron chi connectivity index (χ4n) is 1.12. The van der Waals surface area contributed by atoms with Crippen LogP contribution in [0.1, 0.15) is 11.1 Å². The number of hydrogen-bond acceptors (Lipinski definition) is 2. The molecule has 74 valence electrons. The number of halogens is 3. The lowest BCUT2D eigenvalue weighted by Crippen LogP contribution is -2.11. The quantitative estimate of drug-likeness (QED) is 0.707. The first-order valence-corrected chi connectivity index (χ1v) is 3.77. The number of alkyl halides is 3. The van der Waals surface area contributed by atoms with Gasteiger partial charge in [-0.1, -0.05) is 0 Å². The standard InChI is InChI=1S/C9H7F3N2/c10-9(11,12)4-6-1-7(5-13)3-8(14)2-6/h1-3H,4,14H2. The molecule has 0 bridgehead atoms. The van der Waals surface area contributed by atoms with E-state index in [9.17, 15) is 13.2 Å². The minimum atomic E-state index is -4.28. The molecule has 0 aliphatic rings. The molecule has 0 amide bonds. The summed E-state index contributed by atoms with van der Waals surface area (Å²) in [5.41, 5.74) is 5.66. The van der Waals surface area contributed by atoms with Crippen molar-refractivity contribution in [2.75, 3.05) is 5.73 Å². The van der Waals surface area contributed by atoms with E-state index in [1.807, 2.05) is 0 Å². The van der Waals surface area contributed by atoms with Crippen LogP contribution < -0.4 is 5.73 Å². The molecule has 0 aromatic heterocycles. The molecule has 0 aliphatic heterocycles. The number of rotatable bonds is 1. The Hall–Kier alpha value is -1.70. The maximum atomic E-state index is 12.0. The molecule has 0 unspecified atom stereocenters. The van der Waals surface area contributed by atoms with E-state index >= 15 is 0 Å². The van der Waals surface area contributed by atoms with Crippen molar-refractivity contribution in [1.29, 1.82) is 5.26 Å². The molecule has 0 fully saturated rings. The maximum Gasteiger partial charge on any atom is 0.393 e. The Morgan fingerprint density at radius 2 is 1.93 bits per heavy atom. The highest BCUT2D eigenvalue weighted by atomic mass is 19.4. The third-order valence-corrected chi connectivity index (χ3v) is 1.55. The van der Waals surface area contributed by atoms with Gasteiger partial charge in [0.05, 0.1) is 18.1 Å². The van der Waals surface area contributed by atoms with Gasteiger partial charge in [-0.25, -0.2) is 0 Å². The van der Waals surface area contributed by atoms with Crippen molar-refractivity contribution >= 4 is 5.69 Å². The summed E-state index contributed by atoms with van der Waals surface area (Å²) in [5, 5.41) is 8.50. The first-order chi connectivity index (χ1) is 6.40. The highest BCUT2D eigenvalue weighted by Crippen LogP contribution is 2.23. The van der Waals surface area contributed by atoms with Crippen LogP contribution in [0.2, 0.25) is 0 Å². The number of nitrogens with two attached hydrogens (primary N) is 1. The maximum absolute atomic E-state index is 12.0. The summed E-state index contributed by atoms with van der Waals surface area (Å²) in [6, 6.07) is 5.48. The normalized spacial score (nSPS) is 11.0. The van der Waals surface area contributed by atoms with E-state index in [4.69, 9.17) is 11.0 Å². The number of nitriles is 1. The van der Waals surface area contributed by atoms with Crippen LogP contribution in [-0.4, -0.2) is 6.18 Å². The molecule has 14 heavy (non-hydrogen) atoms. The molecular formula is C9H7F3N2. The molecule has 5 heteroatoms. The van der Waals surface area contributed by atoms with Gasteiger partial charge in [0.1, 0.15) is 0 Å². The summed E-state index contributed by atoms with van der Waals surface area (Å²) in [4.78, 5) is 0. The van der Waals surface area contributed by atoms with Gasteiger partial charge in [-0.2, -0.15) is 18.4 Å². The van der Waals surface area contributed by atoms with Gasteiger partial charge < -0.3 is 5.73 Å². The van der Waals surface area contributed by atoms with E-state index in [0.717, 1.165) is 0 Å². The second-order valence-electron chi connectivity index (χ2n) is 2.87. The van der Waals surface area contributed by atoms with E-state index < -0.39 is 12.6 Å². The zero-order valence-corrected chi connectivity index (χ0v) is 7.10. The monoisotopic (exact) mass is 200 g/mol. The Morgan fingerprint density at radius 3 is 2.43 bits per heavy atom. The summed E-state index contributed by atoms with van der Waals surface area (Å²) < 4.78 is 36.0. The SMILES string of the molecule is N#Cc1cc(N)cc(CC(F)(F)F)c1. The lowest BCUT2D eigenvalue weighted by molar-refractivity contribution is -0.127. The number of anilines is 1. The summed E-state index contributed by atoms with van der Waals surface area (Å²) >= 11 is 0. The smallest absolute Gasteiger partial charge is 0.393 e. The van der Waals surface area contributed by atoms with Gasteiger partial charge in [0.2, 0.25) is 0 Å². The Morgan fingerprint density at radius 1 is 1.29 bits per heavy atom. The lowest BCUT2D eigenvalue weighted by Gasteiger charge is -2.07. The molecule has 1 aromatic carbocycles. The number of benzene rings is 1. The highest BCUT2D eigenvalue weighted by Gasteiger charge is 2.27. The lowest BCUT2D eigenvalue weighted by atomic mass is 10.1. The number of nitrogens with zero attached hydrogens (tertiary/aromatic N) is 1. The van der Waals surface area contributed by atoms with Crippen LogP contribution in [0.4, 0.5) is 18.9 Å². The molecule has 0 spiro atoms. The molecule has 0 radical (unpaired) electrons. The highest BCUT2D eigenvalue weighted by molar-refractivity contribution is 5.48. The topological polar surface area (TPSA) is 49.8 Å². The second-order valence-corrected chi connectivity index (χ2v) is 2.87. The van der Waals surface area contributed by atoms with Crippen molar-refractivity contribution in [2.45, 2.75) is 12.6 Å².